The molecular formula is C10H12FNO3. The van der Waals surface area contributed by atoms with Gasteiger partial charge in [-0.2, -0.15) is 0 Å². The minimum Gasteiger partial charge on any atom is -0.481 e. The molecule has 2 N–H and O–H groups in total. The second-order valence-corrected chi connectivity index (χ2v) is 3.37. The molecule has 4 nitrogen and oxygen atoms in total. The van der Waals surface area contributed by atoms with Crippen molar-refractivity contribution in [2.45, 2.75) is 25.9 Å². The van der Waals surface area contributed by atoms with Gasteiger partial charge in [0.2, 0.25) is 5.56 Å². The summed E-state index contributed by atoms with van der Waals surface area (Å²) in [6.07, 6.45) is -1.31. The van der Waals surface area contributed by atoms with E-state index >= 15 is 0 Å². The molecule has 0 bridgehead atoms. The molecule has 0 aliphatic heterocycles. The second kappa shape index (κ2) is 4.25. The van der Waals surface area contributed by atoms with Crippen LogP contribution in [0, 0.1) is 0 Å². The van der Waals surface area contributed by atoms with Crippen LogP contribution in [0.1, 0.15) is 37.2 Å². The van der Waals surface area contributed by atoms with Gasteiger partial charge in [0.15, 0.2) is 0 Å². The molecular weight excluding hydrogens is 201 g/mol. The Hall–Kier alpha value is -1.65. The number of halogens is 1. The largest absolute Gasteiger partial charge is 0.481 e. The Morgan fingerprint density at radius 2 is 2.07 bits per heavy atom. The first-order valence-corrected chi connectivity index (χ1v) is 4.53. The van der Waals surface area contributed by atoms with Gasteiger partial charge in [0.05, 0.1) is 5.92 Å². The lowest BCUT2D eigenvalue weighted by Gasteiger charge is -2.12. The molecule has 0 aromatic carbocycles. The van der Waals surface area contributed by atoms with Crippen molar-refractivity contribution < 1.29 is 14.3 Å². The molecule has 0 saturated heterocycles. The second-order valence-electron chi connectivity index (χ2n) is 3.37. The van der Waals surface area contributed by atoms with E-state index in [1.165, 1.54) is 26.0 Å². The number of hydrogen-bond donors (Lipinski definition) is 2. The third-order valence-corrected chi connectivity index (χ3v) is 2.22. The third kappa shape index (κ3) is 2.43. The summed E-state index contributed by atoms with van der Waals surface area (Å²) in [5.41, 5.74) is -0.0861. The Morgan fingerprint density at radius 3 is 2.53 bits per heavy atom. The normalized spacial score (nSPS) is 14.6. The van der Waals surface area contributed by atoms with E-state index in [4.69, 9.17) is 5.11 Å². The summed E-state index contributed by atoms with van der Waals surface area (Å²) in [4.78, 5) is 24.1. The number of nitrogens with one attached hydrogen (secondary N) is 1. The summed E-state index contributed by atoms with van der Waals surface area (Å²) in [6, 6.07) is 2.50. The van der Waals surface area contributed by atoms with Gasteiger partial charge in [-0.25, -0.2) is 4.39 Å². The van der Waals surface area contributed by atoms with Crippen molar-refractivity contribution in [3.05, 3.63) is 33.7 Å². The van der Waals surface area contributed by atoms with Crippen LogP contribution in [0.2, 0.25) is 0 Å². The monoisotopic (exact) mass is 213 g/mol. The predicted octanol–water partition coefficient (Wildman–Crippen LogP) is 1.59. The fourth-order valence-electron chi connectivity index (χ4n) is 1.33. The molecule has 1 rings (SSSR count). The number of aromatic amines is 1. The zero-order valence-electron chi connectivity index (χ0n) is 8.45. The van der Waals surface area contributed by atoms with Crippen LogP contribution in [0.3, 0.4) is 0 Å². The van der Waals surface area contributed by atoms with Crippen molar-refractivity contribution in [2.75, 3.05) is 0 Å². The highest BCUT2D eigenvalue weighted by Crippen LogP contribution is 2.24. The Kier molecular flexibility index (Phi) is 3.24. The molecule has 0 saturated carbocycles. The van der Waals surface area contributed by atoms with Crippen LogP contribution in [0.15, 0.2) is 16.9 Å². The van der Waals surface area contributed by atoms with Gasteiger partial charge in [-0.15, -0.1) is 0 Å². The number of carbonyl (C=O) groups is 1. The highest BCUT2D eigenvalue weighted by Gasteiger charge is 2.20. The molecule has 1 heterocycles. The van der Waals surface area contributed by atoms with Gasteiger partial charge in [-0.1, -0.05) is 0 Å². The number of pyridine rings is 1. The first-order valence-electron chi connectivity index (χ1n) is 4.53. The quantitative estimate of drug-likeness (QED) is 0.801. The number of hydrogen-bond acceptors (Lipinski definition) is 2. The number of carboxylic acids is 1. The highest BCUT2D eigenvalue weighted by molar-refractivity contribution is 5.75. The lowest BCUT2D eigenvalue weighted by atomic mass is 10.00. The van der Waals surface area contributed by atoms with Gasteiger partial charge < -0.3 is 10.1 Å². The summed E-state index contributed by atoms with van der Waals surface area (Å²) in [7, 11) is 0. The molecule has 0 fully saturated rings. The smallest absolute Gasteiger partial charge is 0.312 e. The molecule has 1 aromatic heterocycles. The minimum absolute atomic E-state index is 0.130. The summed E-state index contributed by atoms with van der Waals surface area (Å²) in [5.74, 6) is -2.02. The third-order valence-electron chi connectivity index (χ3n) is 2.22. The van der Waals surface area contributed by atoms with Crippen LogP contribution in [-0.2, 0) is 4.79 Å². The Labute approximate surface area is 85.8 Å². The van der Waals surface area contributed by atoms with Crippen molar-refractivity contribution in [3.8, 4) is 0 Å². The number of alkyl halides is 1. The molecule has 0 spiro atoms. The maximum Gasteiger partial charge on any atom is 0.312 e. The van der Waals surface area contributed by atoms with Crippen LogP contribution in [-0.4, -0.2) is 16.1 Å². The van der Waals surface area contributed by atoms with Crippen molar-refractivity contribution in [1.29, 1.82) is 0 Å². The molecule has 82 valence electrons. The van der Waals surface area contributed by atoms with Gasteiger partial charge in [-0.05, 0) is 19.9 Å². The Balaban J connectivity index is 3.30. The first kappa shape index (κ1) is 11.4. The number of aliphatic carboxylic acids is 1. The summed E-state index contributed by atoms with van der Waals surface area (Å²) in [5, 5.41) is 8.79. The van der Waals surface area contributed by atoms with Gasteiger partial charge in [0.25, 0.3) is 0 Å². The van der Waals surface area contributed by atoms with E-state index < -0.39 is 23.6 Å². The molecule has 5 heteroatoms. The zero-order valence-corrected chi connectivity index (χ0v) is 8.45. The molecule has 2 atom stereocenters. The van der Waals surface area contributed by atoms with E-state index in [9.17, 15) is 14.0 Å². The van der Waals surface area contributed by atoms with E-state index in [0.717, 1.165) is 0 Å². The van der Waals surface area contributed by atoms with Gasteiger partial charge in [-0.3, -0.25) is 9.59 Å². The maximum atomic E-state index is 13.1. The van der Waals surface area contributed by atoms with Crippen LogP contribution in [0.25, 0.3) is 0 Å². The number of H-pyrrole nitrogens is 1. The SMILES string of the molecule is CC(F)c1ccc(=O)[nH]c1C(C)C(=O)O. The average molecular weight is 213 g/mol. The van der Waals surface area contributed by atoms with E-state index in [1.807, 2.05) is 0 Å². The fraction of sp³-hybridized carbons (Fsp3) is 0.400. The average Bonchev–Trinajstić information content (AvgIpc) is 2.15. The number of rotatable bonds is 3. The van der Waals surface area contributed by atoms with Crippen LogP contribution < -0.4 is 5.56 Å². The van der Waals surface area contributed by atoms with E-state index in [1.54, 1.807) is 0 Å². The van der Waals surface area contributed by atoms with Gasteiger partial charge in [0.1, 0.15) is 6.17 Å². The lowest BCUT2D eigenvalue weighted by molar-refractivity contribution is -0.138. The van der Waals surface area contributed by atoms with Crippen LogP contribution >= 0.6 is 0 Å². The summed E-state index contributed by atoms with van der Waals surface area (Å²) < 4.78 is 13.1. The van der Waals surface area contributed by atoms with E-state index in [-0.39, 0.29) is 11.3 Å². The van der Waals surface area contributed by atoms with Crippen LogP contribution in [0.5, 0.6) is 0 Å². The zero-order chi connectivity index (χ0) is 11.6. The Morgan fingerprint density at radius 1 is 1.47 bits per heavy atom. The van der Waals surface area contributed by atoms with Crippen molar-refractivity contribution in [1.82, 2.24) is 4.98 Å². The van der Waals surface area contributed by atoms with Crippen LogP contribution in [0.4, 0.5) is 4.39 Å². The molecule has 0 radical (unpaired) electrons. The fourth-order valence-corrected chi connectivity index (χ4v) is 1.33. The molecule has 0 aliphatic carbocycles. The van der Waals surface area contributed by atoms with Crippen molar-refractivity contribution in [3.63, 3.8) is 0 Å². The number of carboxylic acid groups (broad SMARTS) is 1. The molecule has 0 amide bonds. The topological polar surface area (TPSA) is 70.2 Å². The highest BCUT2D eigenvalue weighted by atomic mass is 19.1. The molecule has 1 aromatic rings. The molecule has 2 unspecified atom stereocenters. The van der Waals surface area contributed by atoms with Crippen molar-refractivity contribution in [2.24, 2.45) is 0 Å². The van der Waals surface area contributed by atoms with Gasteiger partial charge >= 0.3 is 5.97 Å². The lowest BCUT2D eigenvalue weighted by Crippen LogP contribution is -2.17. The molecule has 15 heavy (non-hydrogen) atoms. The number of aromatic nitrogens is 1. The summed E-state index contributed by atoms with van der Waals surface area (Å²) >= 11 is 0. The van der Waals surface area contributed by atoms with Crippen molar-refractivity contribution >= 4 is 5.97 Å². The minimum atomic E-state index is -1.31. The molecule has 0 aliphatic rings. The van der Waals surface area contributed by atoms with E-state index in [2.05, 4.69) is 4.98 Å². The predicted molar refractivity (Wildman–Crippen MR) is 52.6 cm³/mol. The van der Waals surface area contributed by atoms with E-state index in [0.29, 0.717) is 0 Å². The maximum absolute atomic E-state index is 13.1. The first-order chi connectivity index (χ1) is 6.93. The standard InChI is InChI=1S/C10H12FNO3/c1-5(10(14)15)9-7(6(2)11)3-4-8(13)12-9/h3-6H,1-2H3,(H,12,13)(H,14,15). The van der Waals surface area contributed by atoms with Gasteiger partial charge in [0, 0.05) is 17.3 Å². The Bertz CT molecular complexity index is 425. The summed E-state index contributed by atoms with van der Waals surface area (Å²) in [6.45, 7) is 2.70.